The highest BCUT2D eigenvalue weighted by atomic mass is 16.5. The first-order valence-corrected chi connectivity index (χ1v) is 5.19. The molecule has 3 nitrogen and oxygen atoms in total. The van der Waals surface area contributed by atoms with Crippen LogP contribution >= 0.6 is 0 Å². The lowest BCUT2D eigenvalue weighted by Gasteiger charge is -2.30. The van der Waals surface area contributed by atoms with Gasteiger partial charge in [0.25, 0.3) is 0 Å². The molecule has 1 rings (SSSR count). The fourth-order valence-corrected chi connectivity index (χ4v) is 2.03. The standard InChI is InChI=1S/C10H22N2O/c1-3-5-12(2)8-10(7-11)4-6-13-9-10/h3-9,11H2,1-2H3. The van der Waals surface area contributed by atoms with E-state index >= 15 is 0 Å². The van der Waals surface area contributed by atoms with E-state index in [2.05, 4.69) is 18.9 Å². The Kier molecular flexibility index (Phi) is 4.16. The summed E-state index contributed by atoms with van der Waals surface area (Å²) in [6, 6.07) is 0. The Balaban J connectivity index is 2.38. The van der Waals surface area contributed by atoms with Crippen LogP contribution in [0.2, 0.25) is 0 Å². The second-order valence-electron chi connectivity index (χ2n) is 4.24. The van der Waals surface area contributed by atoms with Crippen LogP contribution in [0.15, 0.2) is 0 Å². The van der Waals surface area contributed by atoms with Gasteiger partial charge in [-0.15, -0.1) is 0 Å². The molecule has 0 aromatic heterocycles. The van der Waals surface area contributed by atoms with Gasteiger partial charge in [-0.2, -0.15) is 0 Å². The first kappa shape index (κ1) is 11.0. The van der Waals surface area contributed by atoms with Crippen LogP contribution in [0.3, 0.4) is 0 Å². The predicted octanol–water partition coefficient (Wildman–Crippen LogP) is 0.694. The molecule has 78 valence electrons. The second kappa shape index (κ2) is 4.94. The second-order valence-corrected chi connectivity index (χ2v) is 4.24. The minimum absolute atomic E-state index is 0.240. The van der Waals surface area contributed by atoms with E-state index in [1.807, 2.05) is 0 Å². The Morgan fingerprint density at radius 1 is 1.54 bits per heavy atom. The van der Waals surface area contributed by atoms with Gasteiger partial charge in [0.15, 0.2) is 0 Å². The minimum atomic E-state index is 0.240. The monoisotopic (exact) mass is 186 g/mol. The first-order chi connectivity index (χ1) is 6.22. The lowest BCUT2D eigenvalue weighted by Crippen LogP contribution is -2.41. The Bertz CT molecular complexity index is 144. The van der Waals surface area contributed by atoms with Crippen LogP contribution in [-0.4, -0.2) is 44.8 Å². The van der Waals surface area contributed by atoms with Crippen molar-refractivity contribution in [2.24, 2.45) is 11.1 Å². The molecule has 0 saturated carbocycles. The number of rotatable bonds is 5. The molecule has 0 spiro atoms. The number of nitrogens with zero attached hydrogens (tertiary/aromatic N) is 1. The highest BCUT2D eigenvalue weighted by Gasteiger charge is 2.34. The molecule has 0 aromatic rings. The Morgan fingerprint density at radius 2 is 2.31 bits per heavy atom. The van der Waals surface area contributed by atoms with Crippen LogP contribution in [0.25, 0.3) is 0 Å². The van der Waals surface area contributed by atoms with Crippen molar-refractivity contribution in [2.75, 3.05) is 39.9 Å². The molecule has 1 aliphatic rings. The van der Waals surface area contributed by atoms with Gasteiger partial charge in [-0.05, 0) is 26.4 Å². The molecule has 1 heterocycles. The Morgan fingerprint density at radius 3 is 2.77 bits per heavy atom. The van der Waals surface area contributed by atoms with Crippen LogP contribution in [0.1, 0.15) is 19.8 Å². The van der Waals surface area contributed by atoms with E-state index in [1.54, 1.807) is 0 Å². The summed E-state index contributed by atoms with van der Waals surface area (Å²) in [5.41, 5.74) is 6.05. The molecule has 0 aromatic carbocycles. The van der Waals surface area contributed by atoms with Gasteiger partial charge in [-0.1, -0.05) is 6.92 Å². The predicted molar refractivity (Wildman–Crippen MR) is 54.7 cm³/mol. The van der Waals surface area contributed by atoms with Gasteiger partial charge in [-0.3, -0.25) is 0 Å². The van der Waals surface area contributed by atoms with Crippen molar-refractivity contribution in [1.29, 1.82) is 0 Å². The summed E-state index contributed by atoms with van der Waals surface area (Å²) in [7, 11) is 2.17. The van der Waals surface area contributed by atoms with E-state index in [0.29, 0.717) is 0 Å². The van der Waals surface area contributed by atoms with Gasteiger partial charge in [0.1, 0.15) is 0 Å². The van der Waals surface area contributed by atoms with E-state index < -0.39 is 0 Å². The van der Waals surface area contributed by atoms with E-state index in [-0.39, 0.29) is 5.41 Å². The van der Waals surface area contributed by atoms with Crippen molar-refractivity contribution >= 4 is 0 Å². The summed E-state index contributed by atoms with van der Waals surface area (Å²) >= 11 is 0. The maximum atomic E-state index is 5.81. The maximum Gasteiger partial charge on any atom is 0.0547 e. The molecular formula is C10H22N2O. The zero-order valence-electron chi connectivity index (χ0n) is 8.88. The summed E-state index contributed by atoms with van der Waals surface area (Å²) in [6.45, 7) is 6.92. The Labute approximate surface area is 81.2 Å². The molecule has 1 unspecified atom stereocenters. The summed E-state index contributed by atoms with van der Waals surface area (Å²) in [6.07, 6.45) is 2.33. The average Bonchev–Trinajstić information content (AvgIpc) is 2.54. The molecule has 1 atom stereocenters. The van der Waals surface area contributed by atoms with Crippen molar-refractivity contribution < 1.29 is 4.74 Å². The van der Waals surface area contributed by atoms with Gasteiger partial charge in [0.05, 0.1) is 6.61 Å². The van der Waals surface area contributed by atoms with E-state index in [9.17, 15) is 0 Å². The molecule has 1 fully saturated rings. The smallest absolute Gasteiger partial charge is 0.0547 e. The van der Waals surface area contributed by atoms with E-state index in [1.165, 1.54) is 6.42 Å². The van der Waals surface area contributed by atoms with Crippen LogP contribution in [0.5, 0.6) is 0 Å². The fraction of sp³-hybridized carbons (Fsp3) is 1.00. The quantitative estimate of drug-likeness (QED) is 0.686. The SMILES string of the molecule is CCCN(C)CC1(CN)CCOC1. The molecule has 1 aliphatic heterocycles. The van der Waals surface area contributed by atoms with Gasteiger partial charge >= 0.3 is 0 Å². The molecule has 13 heavy (non-hydrogen) atoms. The third-order valence-electron chi connectivity index (χ3n) is 2.83. The topological polar surface area (TPSA) is 38.5 Å². The molecule has 0 amide bonds. The first-order valence-electron chi connectivity index (χ1n) is 5.19. The summed E-state index contributed by atoms with van der Waals surface area (Å²) in [5, 5.41) is 0. The van der Waals surface area contributed by atoms with Crippen LogP contribution < -0.4 is 5.73 Å². The molecule has 0 aliphatic carbocycles. The average molecular weight is 186 g/mol. The van der Waals surface area contributed by atoms with Crippen LogP contribution in [-0.2, 0) is 4.74 Å². The number of ether oxygens (including phenoxy) is 1. The molecular weight excluding hydrogens is 164 g/mol. The lowest BCUT2D eigenvalue weighted by molar-refractivity contribution is 0.125. The summed E-state index contributed by atoms with van der Waals surface area (Å²) < 4.78 is 5.42. The normalized spacial score (nSPS) is 28.6. The van der Waals surface area contributed by atoms with Crippen LogP contribution in [0, 0.1) is 5.41 Å². The minimum Gasteiger partial charge on any atom is -0.381 e. The third-order valence-corrected chi connectivity index (χ3v) is 2.83. The lowest BCUT2D eigenvalue weighted by atomic mass is 9.87. The number of hydrogen-bond donors (Lipinski definition) is 1. The maximum absolute atomic E-state index is 5.81. The zero-order chi connectivity index (χ0) is 9.73. The van der Waals surface area contributed by atoms with Crippen molar-refractivity contribution in [3.63, 3.8) is 0 Å². The largest absolute Gasteiger partial charge is 0.381 e. The molecule has 0 radical (unpaired) electrons. The molecule has 3 heteroatoms. The highest BCUT2D eigenvalue weighted by molar-refractivity contribution is 4.86. The number of nitrogens with two attached hydrogens (primary N) is 1. The zero-order valence-corrected chi connectivity index (χ0v) is 8.88. The van der Waals surface area contributed by atoms with Gasteiger partial charge in [-0.25, -0.2) is 0 Å². The molecule has 1 saturated heterocycles. The van der Waals surface area contributed by atoms with E-state index in [4.69, 9.17) is 10.5 Å². The third kappa shape index (κ3) is 2.93. The van der Waals surface area contributed by atoms with Crippen molar-refractivity contribution in [1.82, 2.24) is 4.90 Å². The van der Waals surface area contributed by atoms with Crippen molar-refractivity contribution in [2.45, 2.75) is 19.8 Å². The summed E-state index contributed by atoms with van der Waals surface area (Å²) in [4.78, 5) is 2.36. The van der Waals surface area contributed by atoms with Gasteiger partial charge < -0.3 is 15.4 Å². The molecule has 2 N–H and O–H groups in total. The van der Waals surface area contributed by atoms with Crippen molar-refractivity contribution in [3.8, 4) is 0 Å². The van der Waals surface area contributed by atoms with E-state index in [0.717, 1.165) is 39.3 Å². The number of hydrogen-bond acceptors (Lipinski definition) is 3. The highest BCUT2D eigenvalue weighted by Crippen LogP contribution is 2.27. The Hall–Kier alpha value is -0.120. The fourth-order valence-electron chi connectivity index (χ4n) is 2.03. The summed E-state index contributed by atoms with van der Waals surface area (Å²) in [5.74, 6) is 0. The van der Waals surface area contributed by atoms with Crippen molar-refractivity contribution in [3.05, 3.63) is 0 Å². The molecule has 0 bridgehead atoms. The van der Waals surface area contributed by atoms with Gasteiger partial charge in [0.2, 0.25) is 0 Å². The van der Waals surface area contributed by atoms with Gasteiger partial charge in [0, 0.05) is 25.1 Å². The van der Waals surface area contributed by atoms with Crippen LogP contribution in [0.4, 0.5) is 0 Å².